The maximum Gasteiger partial charge on any atom is 0.255 e. The first-order valence-corrected chi connectivity index (χ1v) is 10.9. The quantitative estimate of drug-likeness (QED) is 0.766. The zero-order valence-electron chi connectivity index (χ0n) is 15.7. The summed E-state index contributed by atoms with van der Waals surface area (Å²) < 4.78 is 28.4. The van der Waals surface area contributed by atoms with E-state index in [1.807, 2.05) is 12.1 Å². The van der Waals surface area contributed by atoms with Crippen LogP contribution in [0.5, 0.6) is 5.75 Å². The molecule has 0 spiro atoms. The number of anilines is 1. The molecule has 2 aromatic rings. The Kier molecular flexibility index (Phi) is 5.69. The summed E-state index contributed by atoms with van der Waals surface area (Å²) in [6, 6.07) is 13.0. The topological polar surface area (TPSA) is 92.8 Å². The number of carbonyl (C=O) groups is 2. The van der Waals surface area contributed by atoms with Crippen LogP contribution in [0, 0.1) is 0 Å². The number of nitrogens with one attached hydrogen (secondary N) is 1. The Morgan fingerprint density at radius 2 is 1.86 bits per heavy atom. The van der Waals surface area contributed by atoms with Crippen LogP contribution in [0.3, 0.4) is 0 Å². The Labute approximate surface area is 164 Å². The van der Waals surface area contributed by atoms with Crippen LogP contribution in [-0.2, 0) is 21.2 Å². The minimum Gasteiger partial charge on any atom is -0.497 e. The maximum absolute atomic E-state index is 12.9. The Bertz CT molecular complexity index is 986. The van der Waals surface area contributed by atoms with E-state index in [9.17, 15) is 18.0 Å². The van der Waals surface area contributed by atoms with Gasteiger partial charge in [-0.2, -0.15) is 0 Å². The molecule has 2 amide bonds. The Balaban J connectivity index is 1.82. The first kappa shape index (κ1) is 19.9. The number of amides is 2. The van der Waals surface area contributed by atoms with Crippen LogP contribution < -0.4 is 10.1 Å². The summed E-state index contributed by atoms with van der Waals surface area (Å²) in [7, 11) is -1.74. The van der Waals surface area contributed by atoms with Crippen molar-refractivity contribution in [3.63, 3.8) is 0 Å². The highest BCUT2D eigenvalue weighted by atomic mass is 32.2. The monoisotopic (exact) mass is 402 g/mol. The predicted octanol–water partition coefficient (Wildman–Crippen LogP) is 2.09. The fourth-order valence-corrected chi connectivity index (χ4v) is 3.83. The lowest BCUT2D eigenvalue weighted by Crippen LogP contribution is -2.45. The summed E-state index contributed by atoms with van der Waals surface area (Å²) in [5.74, 6) is -0.223. The largest absolute Gasteiger partial charge is 0.497 e. The molecule has 8 heteroatoms. The molecule has 0 saturated heterocycles. The Morgan fingerprint density at radius 1 is 1.18 bits per heavy atom. The summed E-state index contributed by atoms with van der Waals surface area (Å²) in [6.45, 7) is 0.277. The first-order valence-electron chi connectivity index (χ1n) is 8.80. The second kappa shape index (κ2) is 8.02. The van der Waals surface area contributed by atoms with Gasteiger partial charge in [-0.3, -0.25) is 9.59 Å². The van der Waals surface area contributed by atoms with Crippen molar-refractivity contribution in [2.45, 2.75) is 19.0 Å². The zero-order chi connectivity index (χ0) is 20.3. The Morgan fingerprint density at radius 3 is 2.46 bits per heavy atom. The van der Waals surface area contributed by atoms with Crippen molar-refractivity contribution in [1.82, 2.24) is 4.90 Å². The third kappa shape index (κ3) is 4.51. The lowest BCUT2D eigenvalue weighted by Gasteiger charge is -2.26. The first-order chi connectivity index (χ1) is 13.3. The second-order valence-electron chi connectivity index (χ2n) is 6.74. The molecule has 0 bridgehead atoms. The van der Waals surface area contributed by atoms with Crippen LogP contribution in [0.25, 0.3) is 0 Å². The predicted molar refractivity (Wildman–Crippen MR) is 106 cm³/mol. The fourth-order valence-electron chi connectivity index (χ4n) is 3.18. The number of hydrogen-bond acceptors (Lipinski definition) is 5. The average molecular weight is 402 g/mol. The van der Waals surface area contributed by atoms with Crippen LogP contribution in [0.15, 0.2) is 48.5 Å². The van der Waals surface area contributed by atoms with Gasteiger partial charge in [-0.25, -0.2) is 8.42 Å². The molecule has 1 atom stereocenters. The molecule has 0 aromatic heterocycles. The number of rotatable bonds is 7. The van der Waals surface area contributed by atoms with Gasteiger partial charge in [-0.05, 0) is 42.3 Å². The molecule has 7 nitrogen and oxygen atoms in total. The van der Waals surface area contributed by atoms with Crippen LogP contribution in [-0.4, -0.2) is 50.3 Å². The lowest BCUT2D eigenvalue weighted by atomic mass is 10.1. The van der Waals surface area contributed by atoms with E-state index in [2.05, 4.69) is 5.32 Å². The van der Waals surface area contributed by atoms with Crippen molar-refractivity contribution in [2.24, 2.45) is 0 Å². The summed E-state index contributed by atoms with van der Waals surface area (Å²) >= 11 is 0. The van der Waals surface area contributed by atoms with Gasteiger partial charge in [-0.1, -0.05) is 18.2 Å². The third-order valence-electron chi connectivity index (χ3n) is 4.65. The van der Waals surface area contributed by atoms with Gasteiger partial charge in [0.2, 0.25) is 5.91 Å². The third-order valence-corrected chi connectivity index (χ3v) is 5.63. The molecular weight excluding hydrogens is 380 g/mol. The summed E-state index contributed by atoms with van der Waals surface area (Å²) in [4.78, 5) is 27.2. The van der Waals surface area contributed by atoms with E-state index in [0.29, 0.717) is 17.0 Å². The molecule has 0 radical (unpaired) electrons. The number of sulfone groups is 1. The van der Waals surface area contributed by atoms with Gasteiger partial charge in [0.15, 0.2) is 0 Å². The van der Waals surface area contributed by atoms with Crippen LogP contribution in [0.1, 0.15) is 22.3 Å². The molecule has 0 saturated carbocycles. The SMILES string of the molecule is COc1ccc(NC(=O)[C@H](CCS(C)(=O)=O)N2Cc3ccccc3C2=O)cc1. The van der Waals surface area contributed by atoms with E-state index in [1.54, 1.807) is 43.5 Å². The summed E-state index contributed by atoms with van der Waals surface area (Å²) in [5.41, 5.74) is 1.91. The van der Waals surface area contributed by atoms with Crippen molar-refractivity contribution < 1.29 is 22.7 Å². The normalized spacial score (nSPS) is 14.5. The van der Waals surface area contributed by atoms with Gasteiger partial charge >= 0.3 is 0 Å². The Hall–Kier alpha value is -2.87. The minimum absolute atomic E-state index is 0.0283. The van der Waals surface area contributed by atoms with Crippen molar-refractivity contribution in [1.29, 1.82) is 0 Å². The molecule has 0 unspecified atom stereocenters. The van der Waals surface area contributed by atoms with Crippen molar-refractivity contribution in [2.75, 3.05) is 24.4 Å². The van der Waals surface area contributed by atoms with E-state index in [0.717, 1.165) is 11.8 Å². The van der Waals surface area contributed by atoms with Gasteiger partial charge in [0.25, 0.3) is 5.91 Å². The zero-order valence-corrected chi connectivity index (χ0v) is 16.5. The number of benzene rings is 2. The maximum atomic E-state index is 12.9. The van der Waals surface area contributed by atoms with E-state index >= 15 is 0 Å². The molecule has 1 aliphatic rings. The number of nitrogens with zero attached hydrogens (tertiary/aromatic N) is 1. The van der Waals surface area contributed by atoms with E-state index in [-0.39, 0.29) is 24.6 Å². The van der Waals surface area contributed by atoms with Crippen molar-refractivity contribution in [3.8, 4) is 5.75 Å². The molecule has 148 valence electrons. The number of ether oxygens (including phenoxy) is 1. The number of hydrogen-bond donors (Lipinski definition) is 1. The molecule has 1 heterocycles. The molecule has 0 fully saturated rings. The molecular formula is C20H22N2O5S. The van der Waals surface area contributed by atoms with Gasteiger partial charge < -0.3 is 15.0 Å². The number of fused-ring (bicyclic) bond motifs is 1. The molecule has 1 N–H and O–H groups in total. The molecule has 28 heavy (non-hydrogen) atoms. The number of methoxy groups -OCH3 is 1. The fraction of sp³-hybridized carbons (Fsp3) is 0.300. The van der Waals surface area contributed by atoms with Crippen molar-refractivity contribution >= 4 is 27.3 Å². The van der Waals surface area contributed by atoms with Gasteiger partial charge in [0, 0.05) is 24.1 Å². The van der Waals surface area contributed by atoms with Gasteiger partial charge in [0.1, 0.15) is 21.6 Å². The second-order valence-corrected chi connectivity index (χ2v) is 9.00. The average Bonchev–Trinajstić information content (AvgIpc) is 2.98. The summed E-state index contributed by atoms with van der Waals surface area (Å²) in [5, 5.41) is 2.77. The van der Waals surface area contributed by atoms with Crippen LogP contribution in [0.4, 0.5) is 5.69 Å². The molecule has 3 rings (SSSR count). The highest BCUT2D eigenvalue weighted by molar-refractivity contribution is 7.90. The highest BCUT2D eigenvalue weighted by Gasteiger charge is 2.36. The smallest absolute Gasteiger partial charge is 0.255 e. The molecule has 2 aromatic carbocycles. The van der Waals surface area contributed by atoms with E-state index < -0.39 is 21.8 Å². The van der Waals surface area contributed by atoms with Crippen LogP contribution >= 0.6 is 0 Å². The molecule has 0 aliphatic carbocycles. The lowest BCUT2D eigenvalue weighted by molar-refractivity contribution is -0.120. The van der Waals surface area contributed by atoms with E-state index in [1.165, 1.54) is 4.90 Å². The standard InChI is InChI=1S/C20H22N2O5S/c1-27-16-9-7-15(8-10-16)21-19(23)18(11-12-28(2,25)26)22-13-14-5-3-4-6-17(14)20(22)24/h3-10,18H,11-13H2,1-2H3,(H,21,23)/t18-/m0/s1. The minimum atomic E-state index is -3.28. The highest BCUT2D eigenvalue weighted by Crippen LogP contribution is 2.26. The molecule has 1 aliphatic heterocycles. The summed E-state index contributed by atoms with van der Waals surface area (Å²) in [6.07, 6.45) is 1.15. The van der Waals surface area contributed by atoms with Crippen LogP contribution in [0.2, 0.25) is 0 Å². The van der Waals surface area contributed by atoms with Gasteiger partial charge in [-0.15, -0.1) is 0 Å². The van der Waals surface area contributed by atoms with Crippen molar-refractivity contribution in [3.05, 3.63) is 59.7 Å². The van der Waals surface area contributed by atoms with Gasteiger partial charge in [0.05, 0.1) is 12.9 Å². The van der Waals surface area contributed by atoms with E-state index in [4.69, 9.17) is 4.74 Å². The number of carbonyl (C=O) groups excluding carboxylic acids is 2.